The van der Waals surface area contributed by atoms with E-state index >= 15 is 0 Å². The zero-order chi connectivity index (χ0) is 5.11. The van der Waals surface area contributed by atoms with Crippen LogP contribution in [0.5, 0.6) is 0 Å². The van der Waals surface area contributed by atoms with E-state index in [1.165, 1.54) is 0 Å². The molecule has 0 N–H and O–H groups in total. The molecule has 0 unspecified atom stereocenters. The molecule has 1 heterocycles. The smallest absolute Gasteiger partial charge is 0.141 e. The predicted molar refractivity (Wildman–Crippen MR) is 30.2 cm³/mol. The van der Waals surface area contributed by atoms with Gasteiger partial charge >= 0.3 is 0 Å². The summed E-state index contributed by atoms with van der Waals surface area (Å²) in [5.74, 6) is 0. The van der Waals surface area contributed by atoms with E-state index in [0.717, 1.165) is 6.54 Å². The minimum atomic E-state index is 1.09. The Labute approximate surface area is 47.4 Å². The Morgan fingerprint density at radius 1 is 1.71 bits per heavy atom. The molecule has 0 spiro atoms. The molecule has 1 nitrogen and oxygen atoms in total. The summed E-state index contributed by atoms with van der Waals surface area (Å²) in [5.41, 5.74) is 0. The number of aromatic nitrogens is 1. The highest BCUT2D eigenvalue weighted by molar-refractivity contribution is 6.99. The number of rotatable bonds is 1. The molecule has 0 fully saturated rings. The molecule has 38 valence electrons. The highest BCUT2D eigenvalue weighted by Gasteiger charge is 1.90. The summed E-state index contributed by atoms with van der Waals surface area (Å²) in [5, 5.41) is 2.07. The van der Waals surface area contributed by atoms with Crippen LogP contribution in [0.3, 0.4) is 0 Å². The zero-order valence-electron chi connectivity index (χ0n) is 4.29. The van der Waals surface area contributed by atoms with Gasteiger partial charge in [0.15, 0.2) is 12.7 Å². The third-order valence-electron chi connectivity index (χ3n) is 0.839. The van der Waals surface area contributed by atoms with Gasteiger partial charge in [0, 0.05) is 6.07 Å². The van der Waals surface area contributed by atoms with Crippen LogP contribution in [0.25, 0.3) is 0 Å². The lowest BCUT2D eigenvalue weighted by Crippen LogP contribution is -2.24. The molecule has 0 atom stereocenters. The summed E-state index contributed by atoms with van der Waals surface area (Å²) in [6, 6.07) is 2.05. The van der Waals surface area contributed by atoms with Crippen LogP contribution in [0, 0.1) is 0 Å². The van der Waals surface area contributed by atoms with Gasteiger partial charge in [-0.05, 0) is 6.92 Å². The molecule has 0 saturated carbocycles. The molecule has 1 aromatic heterocycles. The molecule has 1 rings (SSSR count). The molecular formula is C5H8NS+. The lowest BCUT2D eigenvalue weighted by Gasteiger charge is -1.73. The molecule has 0 bridgehead atoms. The van der Waals surface area contributed by atoms with E-state index in [4.69, 9.17) is 0 Å². The minimum absolute atomic E-state index is 1.09. The first kappa shape index (κ1) is 4.78. The number of aryl methyl sites for hydroxylation is 1. The van der Waals surface area contributed by atoms with Gasteiger partial charge in [-0.3, -0.25) is 0 Å². The summed E-state index contributed by atoms with van der Waals surface area (Å²) < 4.78 is 2.17. The van der Waals surface area contributed by atoms with Crippen LogP contribution >= 0.6 is 11.5 Å². The molecule has 0 radical (unpaired) electrons. The number of hydrogen-bond acceptors (Lipinski definition) is 1. The second-order valence-corrected chi connectivity index (χ2v) is 2.27. The molecule has 7 heavy (non-hydrogen) atoms. The van der Waals surface area contributed by atoms with Gasteiger partial charge in [-0.15, -0.1) is 3.96 Å². The van der Waals surface area contributed by atoms with Crippen LogP contribution in [0.2, 0.25) is 0 Å². The van der Waals surface area contributed by atoms with Crippen LogP contribution in [-0.4, -0.2) is 0 Å². The molecule has 0 aliphatic heterocycles. The first-order valence-corrected chi connectivity index (χ1v) is 3.20. The predicted octanol–water partition coefficient (Wildman–Crippen LogP) is 1.06. The van der Waals surface area contributed by atoms with E-state index in [9.17, 15) is 0 Å². The van der Waals surface area contributed by atoms with Crippen molar-refractivity contribution in [2.24, 2.45) is 0 Å². The monoisotopic (exact) mass is 114 g/mol. The van der Waals surface area contributed by atoms with Gasteiger partial charge in [-0.1, -0.05) is 0 Å². The third kappa shape index (κ3) is 0.996. The zero-order valence-corrected chi connectivity index (χ0v) is 5.11. The summed E-state index contributed by atoms with van der Waals surface area (Å²) in [6.45, 7) is 3.23. The van der Waals surface area contributed by atoms with Crippen molar-refractivity contribution in [3.05, 3.63) is 17.6 Å². The van der Waals surface area contributed by atoms with Crippen LogP contribution < -0.4 is 3.96 Å². The molecule has 0 amide bonds. The van der Waals surface area contributed by atoms with Crippen molar-refractivity contribution in [1.29, 1.82) is 0 Å². The van der Waals surface area contributed by atoms with Gasteiger partial charge < -0.3 is 0 Å². The maximum Gasteiger partial charge on any atom is 0.184 e. The summed E-state index contributed by atoms with van der Waals surface area (Å²) >= 11 is 1.74. The average Bonchev–Trinajstić information content (AvgIpc) is 2.14. The fraction of sp³-hybridized carbons (Fsp3) is 0.400. The van der Waals surface area contributed by atoms with Gasteiger partial charge in [0.1, 0.15) is 11.5 Å². The van der Waals surface area contributed by atoms with Gasteiger partial charge in [-0.2, -0.15) is 0 Å². The third-order valence-corrected chi connectivity index (χ3v) is 1.77. The molecule has 1 aromatic rings. The van der Waals surface area contributed by atoms with Gasteiger partial charge in [0.25, 0.3) is 0 Å². The number of hydrogen-bond donors (Lipinski definition) is 0. The molecule has 0 aromatic carbocycles. The van der Waals surface area contributed by atoms with Crippen LogP contribution in [-0.2, 0) is 6.54 Å². The quantitative estimate of drug-likeness (QED) is 0.480. The van der Waals surface area contributed by atoms with E-state index in [-0.39, 0.29) is 0 Å². The summed E-state index contributed by atoms with van der Waals surface area (Å²) in [6.07, 6.45) is 2.07. The largest absolute Gasteiger partial charge is 0.184 e. The van der Waals surface area contributed by atoms with Crippen molar-refractivity contribution in [1.82, 2.24) is 0 Å². The standard InChI is InChI=1S/C5H8NS/c1-2-6-4-3-5-7-6/h3-5H,2H2,1H3/q+1. The molecule has 2 heteroatoms. The maximum atomic E-state index is 2.17. The fourth-order valence-electron chi connectivity index (χ4n) is 0.460. The topological polar surface area (TPSA) is 3.88 Å². The molecule has 0 aliphatic rings. The average molecular weight is 114 g/mol. The van der Waals surface area contributed by atoms with Crippen molar-refractivity contribution >= 4 is 11.5 Å². The lowest BCUT2D eigenvalue weighted by molar-refractivity contribution is -0.625. The Morgan fingerprint density at radius 2 is 2.57 bits per heavy atom. The Morgan fingerprint density at radius 3 is 2.86 bits per heavy atom. The van der Waals surface area contributed by atoms with E-state index in [1.807, 2.05) is 6.07 Å². The Kier molecular flexibility index (Phi) is 1.42. The molecule has 0 aliphatic carbocycles. The van der Waals surface area contributed by atoms with Crippen molar-refractivity contribution in [3.8, 4) is 0 Å². The highest BCUT2D eigenvalue weighted by Crippen LogP contribution is 1.83. The van der Waals surface area contributed by atoms with Gasteiger partial charge in [0.2, 0.25) is 0 Å². The highest BCUT2D eigenvalue weighted by atomic mass is 32.1. The van der Waals surface area contributed by atoms with E-state index < -0.39 is 0 Å². The summed E-state index contributed by atoms with van der Waals surface area (Å²) in [4.78, 5) is 0. The first-order chi connectivity index (χ1) is 3.43. The second-order valence-electron chi connectivity index (χ2n) is 1.32. The van der Waals surface area contributed by atoms with Crippen molar-refractivity contribution in [3.63, 3.8) is 0 Å². The van der Waals surface area contributed by atoms with Crippen molar-refractivity contribution < 1.29 is 3.96 Å². The fourth-order valence-corrected chi connectivity index (χ4v) is 1.05. The van der Waals surface area contributed by atoms with Crippen molar-refractivity contribution in [2.45, 2.75) is 13.5 Å². The van der Waals surface area contributed by atoms with Gasteiger partial charge in [0.05, 0.1) is 5.38 Å². The van der Waals surface area contributed by atoms with Crippen molar-refractivity contribution in [2.75, 3.05) is 0 Å². The SMILES string of the molecule is CC[n+]1cccs1. The Balaban J connectivity index is 2.76. The second kappa shape index (κ2) is 2.07. The van der Waals surface area contributed by atoms with Gasteiger partial charge in [-0.25, -0.2) is 0 Å². The van der Waals surface area contributed by atoms with E-state index in [1.54, 1.807) is 11.5 Å². The molecular weight excluding hydrogens is 106 g/mol. The van der Waals surface area contributed by atoms with Crippen LogP contribution in [0.4, 0.5) is 0 Å². The molecule has 0 saturated heterocycles. The number of nitrogens with zero attached hydrogens (tertiary/aromatic N) is 1. The van der Waals surface area contributed by atoms with E-state index in [0.29, 0.717) is 0 Å². The lowest BCUT2D eigenvalue weighted by atomic mass is 10.7. The maximum absolute atomic E-state index is 2.17. The van der Waals surface area contributed by atoms with Crippen LogP contribution in [0.1, 0.15) is 6.92 Å². The normalized spacial score (nSPS) is 9.29. The Hall–Kier alpha value is -0.370. The Bertz CT molecular complexity index is 123. The van der Waals surface area contributed by atoms with Crippen LogP contribution in [0.15, 0.2) is 17.6 Å². The minimum Gasteiger partial charge on any atom is -0.141 e. The summed E-state index contributed by atoms with van der Waals surface area (Å²) in [7, 11) is 0. The first-order valence-electron chi connectivity index (χ1n) is 2.37. The van der Waals surface area contributed by atoms with E-state index in [2.05, 4.69) is 22.5 Å².